The van der Waals surface area contributed by atoms with Gasteiger partial charge in [-0.3, -0.25) is 0 Å². The minimum Gasteiger partial charge on any atom is -0.380 e. The average Bonchev–Trinajstić information content (AvgIpc) is 2.25. The van der Waals surface area contributed by atoms with Gasteiger partial charge in [-0.25, -0.2) is 8.42 Å². The topological polar surface area (TPSA) is 55.4 Å². The molecule has 0 fully saturated rings. The first-order valence-electron chi connectivity index (χ1n) is 6.38. The molecule has 0 aromatic carbocycles. The van der Waals surface area contributed by atoms with Gasteiger partial charge in [0.15, 0.2) is 0 Å². The number of nitrogens with one attached hydrogen (secondary N) is 1. The van der Waals surface area contributed by atoms with Crippen molar-refractivity contribution in [1.29, 1.82) is 0 Å². The fraction of sp³-hybridized carbons (Fsp3) is 1.00. The summed E-state index contributed by atoms with van der Waals surface area (Å²) >= 11 is 0. The van der Waals surface area contributed by atoms with Crippen molar-refractivity contribution in [2.75, 3.05) is 25.7 Å². The summed E-state index contributed by atoms with van der Waals surface area (Å²) in [5, 5.41) is 3.44. The van der Waals surface area contributed by atoms with E-state index in [1.807, 2.05) is 0 Å². The second-order valence-electron chi connectivity index (χ2n) is 4.52. The molecule has 0 aliphatic rings. The third-order valence-corrected chi connectivity index (χ3v) is 3.87. The van der Waals surface area contributed by atoms with Crippen LogP contribution in [0.1, 0.15) is 39.5 Å². The van der Waals surface area contributed by atoms with E-state index in [9.17, 15) is 8.42 Å². The number of hydrogen-bond acceptors (Lipinski definition) is 4. The van der Waals surface area contributed by atoms with Gasteiger partial charge in [0.1, 0.15) is 9.84 Å². The maximum absolute atomic E-state index is 11.1. The molecule has 5 heteroatoms. The van der Waals surface area contributed by atoms with E-state index < -0.39 is 9.84 Å². The lowest BCUT2D eigenvalue weighted by atomic mass is 10.0. The maximum atomic E-state index is 11.1. The minimum atomic E-state index is -2.85. The summed E-state index contributed by atoms with van der Waals surface area (Å²) in [5.41, 5.74) is 0. The van der Waals surface area contributed by atoms with Crippen molar-refractivity contribution in [2.45, 2.75) is 51.7 Å². The van der Waals surface area contributed by atoms with Gasteiger partial charge in [-0.05, 0) is 32.2 Å². The fourth-order valence-electron chi connectivity index (χ4n) is 1.93. The third kappa shape index (κ3) is 8.57. The van der Waals surface area contributed by atoms with Gasteiger partial charge < -0.3 is 10.1 Å². The first-order valence-corrected chi connectivity index (χ1v) is 8.44. The minimum absolute atomic E-state index is 0.168. The second kappa shape index (κ2) is 8.89. The molecule has 0 saturated heterocycles. The number of rotatable bonds is 10. The van der Waals surface area contributed by atoms with Gasteiger partial charge in [0.05, 0.1) is 6.10 Å². The van der Waals surface area contributed by atoms with E-state index in [1.165, 1.54) is 6.26 Å². The summed E-state index contributed by atoms with van der Waals surface area (Å²) in [6.45, 7) is 5.16. The normalized spacial score (nSPS) is 15.8. The van der Waals surface area contributed by atoms with Crippen molar-refractivity contribution in [3.05, 3.63) is 0 Å². The Bertz CT molecular complexity index is 273. The molecule has 0 spiro atoms. The first kappa shape index (κ1) is 16.9. The Morgan fingerprint density at radius 2 is 1.94 bits per heavy atom. The van der Waals surface area contributed by atoms with E-state index in [1.54, 1.807) is 7.11 Å². The van der Waals surface area contributed by atoms with Crippen LogP contribution < -0.4 is 5.32 Å². The third-order valence-electron chi connectivity index (χ3n) is 2.84. The van der Waals surface area contributed by atoms with Gasteiger partial charge in [0.25, 0.3) is 0 Å². The Kier molecular flexibility index (Phi) is 8.82. The zero-order chi connectivity index (χ0) is 13.3. The molecule has 0 aliphatic carbocycles. The molecule has 0 amide bonds. The second-order valence-corrected chi connectivity index (χ2v) is 6.77. The van der Waals surface area contributed by atoms with Crippen LogP contribution in [0.4, 0.5) is 0 Å². The molecule has 0 aromatic heterocycles. The molecule has 4 nitrogen and oxygen atoms in total. The van der Waals surface area contributed by atoms with Gasteiger partial charge in [-0.15, -0.1) is 0 Å². The van der Waals surface area contributed by atoms with Gasteiger partial charge in [0.2, 0.25) is 0 Å². The summed E-state index contributed by atoms with van der Waals surface area (Å²) < 4.78 is 27.6. The number of hydrogen-bond donors (Lipinski definition) is 1. The van der Waals surface area contributed by atoms with Crippen LogP contribution in [0.5, 0.6) is 0 Å². The van der Waals surface area contributed by atoms with E-state index in [4.69, 9.17) is 4.74 Å². The predicted molar refractivity (Wildman–Crippen MR) is 72.1 cm³/mol. The lowest BCUT2D eigenvalue weighted by Crippen LogP contribution is -2.41. The van der Waals surface area contributed by atoms with Crippen LogP contribution in [0, 0.1) is 0 Å². The lowest BCUT2D eigenvalue weighted by Gasteiger charge is -2.26. The number of sulfone groups is 1. The molecule has 1 N–H and O–H groups in total. The molecular weight excluding hydrogens is 238 g/mol. The van der Waals surface area contributed by atoms with Crippen LogP contribution >= 0.6 is 0 Å². The zero-order valence-corrected chi connectivity index (χ0v) is 12.3. The van der Waals surface area contributed by atoms with Crippen LogP contribution in [-0.2, 0) is 14.6 Å². The predicted octanol–water partition coefficient (Wildman–Crippen LogP) is 1.60. The summed E-state index contributed by atoms with van der Waals surface area (Å²) in [7, 11) is -1.13. The largest absolute Gasteiger partial charge is 0.380 e. The molecule has 0 bridgehead atoms. The summed E-state index contributed by atoms with van der Waals surface area (Å²) in [5.74, 6) is 0.261. The molecule has 0 aromatic rings. The smallest absolute Gasteiger partial charge is 0.147 e. The summed E-state index contributed by atoms with van der Waals surface area (Å²) in [6.07, 6.45) is 5.01. The average molecular weight is 265 g/mol. The van der Waals surface area contributed by atoms with E-state index in [0.29, 0.717) is 6.42 Å². The van der Waals surface area contributed by atoms with Gasteiger partial charge in [-0.2, -0.15) is 0 Å². The molecule has 0 aliphatic heterocycles. The monoisotopic (exact) mass is 265 g/mol. The number of ether oxygens (including phenoxy) is 1. The number of methoxy groups -OCH3 is 1. The van der Waals surface area contributed by atoms with Crippen molar-refractivity contribution < 1.29 is 13.2 Å². The maximum Gasteiger partial charge on any atom is 0.147 e. The highest BCUT2D eigenvalue weighted by Gasteiger charge is 2.19. The van der Waals surface area contributed by atoms with Crippen molar-refractivity contribution in [3.8, 4) is 0 Å². The summed E-state index contributed by atoms with van der Waals surface area (Å²) in [6, 6.07) is 0.256. The quantitative estimate of drug-likeness (QED) is 0.652. The SMILES string of the molecule is CCCNC(CCCS(C)(=O)=O)C(CC)OC. The highest BCUT2D eigenvalue weighted by Crippen LogP contribution is 2.10. The van der Waals surface area contributed by atoms with Gasteiger partial charge in [-0.1, -0.05) is 13.8 Å². The molecule has 2 unspecified atom stereocenters. The van der Waals surface area contributed by atoms with Crippen LogP contribution in [0.15, 0.2) is 0 Å². The van der Waals surface area contributed by atoms with Crippen molar-refractivity contribution in [3.63, 3.8) is 0 Å². The Hall–Kier alpha value is -0.130. The molecule has 17 heavy (non-hydrogen) atoms. The first-order chi connectivity index (χ1) is 7.94. The highest BCUT2D eigenvalue weighted by atomic mass is 32.2. The standard InChI is InChI=1S/C12H27NO3S/c1-5-9-13-11(12(6-2)16-3)8-7-10-17(4,14)15/h11-13H,5-10H2,1-4H3. The van der Waals surface area contributed by atoms with E-state index in [0.717, 1.165) is 25.8 Å². The Labute approximate surface area is 106 Å². The van der Waals surface area contributed by atoms with Crippen LogP contribution in [0.25, 0.3) is 0 Å². The van der Waals surface area contributed by atoms with Crippen molar-refractivity contribution in [1.82, 2.24) is 5.32 Å². The van der Waals surface area contributed by atoms with Crippen LogP contribution in [-0.4, -0.2) is 46.2 Å². The summed E-state index contributed by atoms with van der Waals surface area (Å²) in [4.78, 5) is 0. The molecule has 0 radical (unpaired) electrons. The van der Waals surface area contributed by atoms with Crippen molar-refractivity contribution in [2.24, 2.45) is 0 Å². The van der Waals surface area contributed by atoms with Crippen LogP contribution in [0.2, 0.25) is 0 Å². The fourth-order valence-corrected chi connectivity index (χ4v) is 2.62. The van der Waals surface area contributed by atoms with E-state index in [-0.39, 0.29) is 17.9 Å². The Morgan fingerprint density at radius 1 is 1.29 bits per heavy atom. The zero-order valence-electron chi connectivity index (χ0n) is 11.5. The van der Waals surface area contributed by atoms with E-state index >= 15 is 0 Å². The molecule has 0 heterocycles. The van der Waals surface area contributed by atoms with Crippen molar-refractivity contribution >= 4 is 9.84 Å². The van der Waals surface area contributed by atoms with Crippen LogP contribution in [0.3, 0.4) is 0 Å². The van der Waals surface area contributed by atoms with E-state index in [2.05, 4.69) is 19.2 Å². The molecule has 104 valence electrons. The molecular formula is C12H27NO3S. The Balaban J connectivity index is 4.18. The Morgan fingerprint density at radius 3 is 2.35 bits per heavy atom. The van der Waals surface area contributed by atoms with Gasteiger partial charge in [0, 0.05) is 25.2 Å². The lowest BCUT2D eigenvalue weighted by molar-refractivity contribution is 0.0623. The van der Waals surface area contributed by atoms with Gasteiger partial charge >= 0.3 is 0 Å². The molecule has 2 atom stereocenters. The molecule has 0 saturated carbocycles. The molecule has 0 rings (SSSR count). The highest BCUT2D eigenvalue weighted by molar-refractivity contribution is 7.90.